The fraction of sp³-hybridized carbons (Fsp3) is 1.00. The van der Waals surface area contributed by atoms with E-state index in [0.717, 1.165) is 36.5 Å². The molecule has 2 heteroatoms. The first-order valence-electron chi connectivity index (χ1n) is 7.58. The minimum Gasteiger partial charge on any atom is -0.388 e. The molecule has 4 aliphatic carbocycles. The molecule has 17 heavy (non-hydrogen) atoms. The Morgan fingerprint density at radius 1 is 1.06 bits per heavy atom. The van der Waals surface area contributed by atoms with Gasteiger partial charge >= 0.3 is 0 Å². The average Bonchev–Trinajstić information content (AvgIpc) is 2.27. The van der Waals surface area contributed by atoms with E-state index >= 15 is 0 Å². The van der Waals surface area contributed by atoms with Crippen LogP contribution in [-0.2, 0) is 0 Å². The summed E-state index contributed by atoms with van der Waals surface area (Å²) in [5.41, 5.74) is 5.36. The molecule has 2 nitrogen and oxygen atoms in total. The Labute approximate surface area is 105 Å². The van der Waals surface area contributed by atoms with Crippen molar-refractivity contribution < 1.29 is 5.11 Å². The van der Waals surface area contributed by atoms with Gasteiger partial charge in [-0.1, -0.05) is 13.3 Å². The maximum atomic E-state index is 10.9. The lowest BCUT2D eigenvalue weighted by atomic mass is 9.48. The van der Waals surface area contributed by atoms with Crippen LogP contribution in [0.3, 0.4) is 0 Å². The average molecular weight is 237 g/mol. The standard InChI is InChI=1S/C15H27NO/c1-2-3-15(17,9-16)14-12-5-10-4-11(7-12)8-13(14)6-10/h10-14,17H,2-9,16H2,1H3. The molecular weight excluding hydrogens is 210 g/mol. The highest BCUT2D eigenvalue weighted by molar-refractivity contribution is 5.05. The summed E-state index contributed by atoms with van der Waals surface area (Å²) in [5.74, 6) is 4.05. The smallest absolute Gasteiger partial charge is 0.0802 e. The Balaban J connectivity index is 1.83. The normalized spacial score (nSPS) is 47.1. The maximum absolute atomic E-state index is 10.9. The second-order valence-electron chi connectivity index (χ2n) is 7.01. The second-order valence-corrected chi connectivity index (χ2v) is 7.01. The first-order valence-corrected chi connectivity index (χ1v) is 7.58. The van der Waals surface area contributed by atoms with E-state index in [-0.39, 0.29) is 0 Å². The summed E-state index contributed by atoms with van der Waals surface area (Å²) in [5, 5.41) is 10.9. The van der Waals surface area contributed by atoms with Crippen molar-refractivity contribution in [3.8, 4) is 0 Å². The quantitative estimate of drug-likeness (QED) is 0.789. The molecule has 0 heterocycles. The van der Waals surface area contributed by atoms with Crippen molar-refractivity contribution in [2.75, 3.05) is 6.54 Å². The summed E-state index contributed by atoms with van der Waals surface area (Å²) in [6, 6.07) is 0. The van der Waals surface area contributed by atoms with Crippen LogP contribution in [0.15, 0.2) is 0 Å². The monoisotopic (exact) mass is 237 g/mol. The Bertz CT molecular complexity index is 263. The fourth-order valence-electron chi connectivity index (χ4n) is 5.64. The maximum Gasteiger partial charge on any atom is 0.0802 e. The molecule has 4 rings (SSSR count). The fourth-order valence-corrected chi connectivity index (χ4v) is 5.64. The van der Waals surface area contributed by atoms with Crippen molar-refractivity contribution in [3.05, 3.63) is 0 Å². The molecule has 0 saturated heterocycles. The molecule has 0 spiro atoms. The zero-order valence-corrected chi connectivity index (χ0v) is 11.1. The number of hydrogen-bond acceptors (Lipinski definition) is 2. The van der Waals surface area contributed by atoms with Gasteiger partial charge in [-0.2, -0.15) is 0 Å². The molecule has 4 saturated carbocycles. The van der Waals surface area contributed by atoms with Gasteiger partial charge in [0.2, 0.25) is 0 Å². The number of aliphatic hydroxyl groups is 1. The lowest BCUT2D eigenvalue weighted by Gasteiger charge is -2.58. The van der Waals surface area contributed by atoms with Gasteiger partial charge in [0.1, 0.15) is 0 Å². The van der Waals surface area contributed by atoms with Gasteiger partial charge in [-0.05, 0) is 68.1 Å². The number of rotatable bonds is 4. The predicted octanol–water partition coefficient (Wildman–Crippen LogP) is 2.55. The van der Waals surface area contributed by atoms with E-state index in [2.05, 4.69) is 6.92 Å². The molecule has 0 amide bonds. The molecule has 0 radical (unpaired) electrons. The minimum atomic E-state index is -0.558. The van der Waals surface area contributed by atoms with Crippen LogP contribution in [0, 0.1) is 29.6 Å². The predicted molar refractivity (Wildman–Crippen MR) is 69.4 cm³/mol. The molecular formula is C15H27NO. The highest BCUT2D eigenvalue weighted by Crippen LogP contribution is 2.59. The minimum absolute atomic E-state index is 0.466. The van der Waals surface area contributed by atoms with Gasteiger partial charge in [-0.15, -0.1) is 0 Å². The van der Waals surface area contributed by atoms with Crippen molar-refractivity contribution in [3.63, 3.8) is 0 Å². The summed E-state index contributed by atoms with van der Waals surface area (Å²) in [6.07, 6.45) is 8.95. The van der Waals surface area contributed by atoms with E-state index in [1.54, 1.807) is 0 Å². The van der Waals surface area contributed by atoms with Gasteiger partial charge < -0.3 is 10.8 Å². The summed E-state index contributed by atoms with van der Waals surface area (Å²) in [6.45, 7) is 2.63. The molecule has 4 aliphatic rings. The zero-order chi connectivity index (χ0) is 12.0. The van der Waals surface area contributed by atoms with E-state index < -0.39 is 5.60 Å². The van der Waals surface area contributed by atoms with Crippen LogP contribution < -0.4 is 5.73 Å². The topological polar surface area (TPSA) is 46.2 Å². The SMILES string of the molecule is CCCC(O)(CN)C1C2CC3CC(C2)CC1C3. The molecule has 98 valence electrons. The molecule has 3 N–H and O–H groups in total. The number of nitrogens with two attached hydrogens (primary N) is 1. The molecule has 0 aromatic carbocycles. The van der Waals surface area contributed by atoms with Crippen molar-refractivity contribution in [2.45, 2.75) is 57.5 Å². The van der Waals surface area contributed by atoms with E-state index in [1.165, 1.54) is 32.1 Å². The first kappa shape index (κ1) is 12.0. The van der Waals surface area contributed by atoms with Gasteiger partial charge in [0, 0.05) is 6.54 Å². The molecule has 4 bridgehead atoms. The third kappa shape index (κ3) is 1.84. The van der Waals surface area contributed by atoms with Crippen LogP contribution in [0.2, 0.25) is 0 Å². The van der Waals surface area contributed by atoms with Crippen LogP contribution in [0.1, 0.15) is 51.9 Å². The van der Waals surface area contributed by atoms with Crippen molar-refractivity contribution in [2.24, 2.45) is 35.3 Å². The summed E-state index contributed by atoms with van der Waals surface area (Å²) < 4.78 is 0. The van der Waals surface area contributed by atoms with Crippen molar-refractivity contribution in [1.29, 1.82) is 0 Å². The summed E-state index contributed by atoms with van der Waals surface area (Å²) in [4.78, 5) is 0. The van der Waals surface area contributed by atoms with E-state index in [9.17, 15) is 5.11 Å². The van der Waals surface area contributed by atoms with Crippen LogP contribution in [0.25, 0.3) is 0 Å². The molecule has 1 atom stereocenters. The van der Waals surface area contributed by atoms with Gasteiger partial charge in [0.05, 0.1) is 5.60 Å². The Morgan fingerprint density at radius 3 is 2.00 bits per heavy atom. The van der Waals surface area contributed by atoms with E-state index in [0.29, 0.717) is 12.5 Å². The summed E-state index contributed by atoms with van der Waals surface area (Å²) in [7, 11) is 0. The van der Waals surface area contributed by atoms with Crippen LogP contribution in [0.5, 0.6) is 0 Å². The molecule has 0 aromatic rings. The Hall–Kier alpha value is -0.0800. The third-order valence-corrected chi connectivity index (χ3v) is 5.88. The summed E-state index contributed by atoms with van der Waals surface area (Å²) >= 11 is 0. The van der Waals surface area contributed by atoms with Gasteiger partial charge in [-0.25, -0.2) is 0 Å². The van der Waals surface area contributed by atoms with Crippen molar-refractivity contribution in [1.82, 2.24) is 0 Å². The van der Waals surface area contributed by atoms with E-state index in [1.807, 2.05) is 0 Å². The van der Waals surface area contributed by atoms with Gasteiger partial charge in [0.15, 0.2) is 0 Å². The van der Waals surface area contributed by atoms with Crippen LogP contribution in [-0.4, -0.2) is 17.3 Å². The Kier molecular flexibility index (Phi) is 2.99. The van der Waals surface area contributed by atoms with Crippen molar-refractivity contribution >= 4 is 0 Å². The highest BCUT2D eigenvalue weighted by atomic mass is 16.3. The van der Waals surface area contributed by atoms with E-state index in [4.69, 9.17) is 5.73 Å². The number of hydrogen-bond donors (Lipinski definition) is 2. The Morgan fingerprint density at radius 2 is 1.59 bits per heavy atom. The highest BCUT2D eigenvalue weighted by Gasteiger charge is 2.54. The lowest BCUT2D eigenvalue weighted by molar-refractivity contribution is -0.141. The zero-order valence-electron chi connectivity index (χ0n) is 11.1. The van der Waals surface area contributed by atoms with Crippen LogP contribution >= 0.6 is 0 Å². The lowest BCUT2D eigenvalue weighted by Crippen LogP contribution is -2.57. The van der Waals surface area contributed by atoms with Gasteiger partial charge in [-0.3, -0.25) is 0 Å². The largest absolute Gasteiger partial charge is 0.388 e. The van der Waals surface area contributed by atoms with Crippen LogP contribution in [0.4, 0.5) is 0 Å². The molecule has 4 fully saturated rings. The first-order chi connectivity index (χ1) is 8.16. The molecule has 1 unspecified atom stereocenters. The molecule has 0 aromatic heterocycles. The second kappa shape index (κ2) is 4.24. The van der Waals surface area contributed by atoms with Gasteiger partial charge in [0.25, 0.3) is 0 Å². The third-order valence-electron chi connectivity index (χ3n) is 5.88. The molecule has 0 aliphatic heterocycles.